The minimum Gasteiger partial charge on any atom is -0.237 e. The van der Waals surface area contributed by atoms with Gasteiger partial charge in [0.2, 0.25) is 0 Å². The third kappa shape index (κ3) is 2.89. The highest BCUT2D eigenvalue weighted by Gasteiger charge is 1.91. The lowest BCUT2D eigenvalue weighted by Crippen LogP contribution is -1.82. The Morgan fingerprint density at radius 3 is 2.53 bits per heavy atom. The largest absolute Gasteiger partial charge is 0.237 e. The fourth-order valence-electron chi connectivity index (χ4n) is 1.18. The molecule has 0 amide bonds. The van der Waals surface area contributed by atoms with E-state index in [1.54, 1.807) is 6.07 Å². The number of aromatic nitrogens is 2. The molecule has 2 rings (SSSR count). The van der Waals surface area contributed by atoms with Gasteiger partial charge in [0.15, 0.2) is 0 Å². The maximum absolute atomic E-state index is 5.74. The average molecular weight is 217 g/mol. The molecule has 0 radical (unpaired) electrons. The van der Waals surface area contributed by atoms with Crippen LogP contribution in [0.2, 0.25) is 5.15 Å². The van der Waals surface area contributed by atoms with Crippen LogP contribution in [0.15, 0.2) is 42.7 Å². The van der Waals surface area contributed by atoms with Gasteiger partial charge in [-0.05, 0) is 11.6 Å². The maximum atomic E-state index is 5.74. The molecule has 1 aromatic heterocycles. The van der Waals surface area contributed by atoms with Gasteiger partial charge in [-0.25, -0.2) is 9.97 Å². The summed E-state index contributed by atoms with van der Waals surface area (Å²) in [5.41, 5.74) is 1.94. The maximum Gasteiger partial charge on any atom is 0.133 e. The summed E-state index contributed by atoms with van der Waals surface area (Å²) in [6.45, 7) is 0. The zero-order chi connectivity index (χ0) is 10.5. The van der Waals surface area contributed by atoms with Crippen molar-refractivity contribution in [1.82, 2.24) is 9.97 Å². The molecule has 2 aromatic rings. The van der Waals surface area contributed by atoms with Crippen molar-refractivity contribution in [3.63, 3.8) is 0 Å². The van der Waals surface area contributed by atoms with Gasteiger partial charge in [0, 0.05) is 6.07 Å². The van der Waals surface area contributed by atoms with Crippen LogP contribution >= 0.6 is 11.6 Å². The van der Waals surface area contributed by atoms with Gasteiger partial charge in [-0.3, -0.25) is 0 Å². The highest BCUT2D eigenvalue weighted by atomic mass is 35.5. The lowest BCUT2D eigenvalue weighted by molar-refractivity contribution is 1.15. The summed E-state index contributed by atoms with van der Waals surface area (Å²) in [6.07, 6.45) is 5.34. The quantitative estimate of drug-likeness (QED) is 0.720. The number of nitrogens with zero attached hydrogens (tertiary/aromatic N) is 2. The Morgan fingerprint density at radius 1 is 1.00 bits per heavy atom. The van der Waals surface area contributed by atoms with E-state index in [2.05, 4.69) is 9.97 Å². The molecule has 0 bridgehead atoms. The molecule has 0 unspecified atom stereocenters. The number of halogens is 1. The highest BCUT2D eigenvalue weighted by molar-refractivity contribution is 6.29. The molecule has 2 nitrogen and oxygen atoms in total. The van der Waals surface area contributed by atoms with Crippen molar-refractivity contribution in [3.05, 3.63) is 59.1 Å². The van der Waals surface area contributed by atoms with E-state index < -0.39 is 0 Å². The summed E-state index contributed by atoms with van der Waals surface area (Å²) in [4.78, 5) is 7.89. The molecule has 1 heterocycles. The molecule has 0 fully saturated rings. The molecule has 0 saturated heterocycles. The summed E-state index contributed by atoms with van der Waals surface area (Å²) < 4.78 is 0. The van der Waals surface area contributed by atoms with Crippen LogP contribution in [-0.2, 0) is 0 Å². The molecule has 1 aromatic carbocycles. The summed E-state index contributed by atoms with van der Waals surface area (Å²) in [7, 11) is 0. The Bertz CT molecular complexity index is 466. The van der Waals surface area contributed by atoms with Crippen LogP contribution in [0.4, 0.5) is 0 Å². The standard InChI is InChI=1S/C12H9ClN2/c13-12-8-11(14-9-15-12)7-6-10-4-2-1-3-5-10/h1-9H. The normalized spacial score (nSPS) is 10.7. The van der Waals surface area contributed by atoms with Gasteiger partial charge in [-0.1, -0.05) is 48.0 Å². The van der Waals surface area contributed by atoms with Crippen LogP contribution < -0.4 is 0 Å². The summed E-state index contributed by atoms with van der Waals surface area (Å²) in [5, 5.41) is 0.456. The second-order valence-corrected chi connectivity index (χ2v) is 3.40. The Morgan fingerprint density at radius 2 is 1.80 bits per heavy atom. The first-order chi connectivity index (χ1) is 7.34. The first-order valence-electron chi connectivity index (χ1n) is 4.55. The molecule has 3 heteroatoms. The fourth-order valence-corrected chi connectivity index (χ4v) is 1.34. The molecule has 0 saturated carbocycles. The van der Waals surface area contributed by atoms with E-state index in [-0.39, 0.29) is 0 Å². The van der Waals surface area contributed by atoms with Gasteiger partial charge in [0.05, 0.1) is 5.69 Å². The SMILES string of the molecule is Clc1cc(C=Cc2ccccc2)ncn1. The van der Waals surface area contributed by atoms with Crippen molar-refractivity contribution in [2.24, 2.45) is 0 Å². The molecule has 0 spiro atoms. The highest BCUT2D eigenvalue weighted by Crippen LogP contribution is 2.08. The van der Waals surface area contributed by atoms with E-state index in [9.17, 15) is 0 Å². The monoisotopic (exact) mass is 216 g/mol. The van der Waals surface area contributed by atoms with E-state index in [0.29, 0.717) is 5.15 Å². The number of benzene rings is 1. The molecular formula is C12H9ClN2. The van der Waals surface area contributed by atoms with Crippen LogP contribution in [0.25, 0.3) is 12.2 Å². The number of hydrogen-bond acceptors (Lipinski definition) is 2. The van der Waals surface area contributed by atoms with Crippen LogP contribution in [-0.4, -0.2) is 9.97 Å². The number of hydrogen-bond donors (Lipinski definition) is 0. The molecule has 74 valence electrons. The van der Waals surface area contributed by atoms with Gasteiger partial charge >= 0.3 is 0 Å². The Hall–Kier alpha value is -1.67. The summed E-state index contributed by atoms with van der Waals surface area (Å²) in [5.74, 6) is 0. The van der Waals surface area contributed by atoms with Crippen molar-refractivity contribution in [1.29, 1.82) is 0 Å². The van der Waals surface area contributed by atoms with Crippen molar-refractivity contribution < 1.29 is 0 Å². The third-order valence-corrected chi connectivity index (χ3v) is 2.11. The van der Waals surface area contributed by atoms with Crippen molar-refractivity contribution >= 4 is 23.8 Å². The summed E-state index contributed by atoms with van der Waals surface area (Å²) >= 11 is 5.74. The van der Waals surface area contributed by atoms with Gasteiger partial charge in [0.1, 0.15) is 11.5 Å². The predicted octanol–water partition coefficient (Wildman–Crippen LogP) is 3.30. The minimum atomic E-state index is 0.456. The topological polar surface area (TPSA) is 25.8 Å². The van der Waals surface area contributed by atoms with Crippen molar-refractivity contribution in [2.75, 3.05) is 0 Å². The third-order valence-electron chi connectivity index (χ3n) is 1.90. The molecule has 0 atom stereocenters. The first kappa shape index (κ1) is 9.87. The molecule has 0 N–H and O–H groups in total. The second kappa shape index (κ2) is 4.71. The molecule has 0 aliphatic heterocycles. The molecule has 15 heavy (non-hydrogen) atoms. The Kier molecular flexibility index (Phi) is 3.10. The minimum absolute atomic E-state index is 0.456. The fraction of sp³-hybridized carbons (Fsp3) is 0. The van der Waals surface area contributed by atoms with Crippen LogP contribution in [0.5, 0.6) is 0 Å². The van der Waals surface area contributed by atoms with Gasteiger partial charge in [0.25, 0.3) is 0 Å². The Labute approximate surface area is 93.3 Å². The lowest BCUT2D eigenvalue weighted by Gasteiger charge is -1.93. The Balaban J connectivity index is 2.19. The van der Waals surface area contributed by atoms with E-state index in [0.717, 1.165) is 11.3 Å². The zero-order valence-corrected chi connectivity index (χ0v) is 8.72. The summed E-state index contributed by atoms with van der Waals surface area (Å²) in [6, 6.07) is 11.7. The first-order valence-corrected chi connectivity index (χ1v) is 4.93. The van der Waals surface area contributed by atoms with E-state index >= 15 is 0 Å². The lowest BCUT2D eigenvalue weighted by atomic mass is 10.2. The van der Waals surface area contributed by atoms with Gasteiger partial charge in [-0.2, -0.15) is 0 Å². The molecular weight excluding hydrogens is 208 g/mol. The molecule has 0 aliphatic carbocycles. The van der Waals surface area contributed by atoms with Gasteiger partial charge in [-0.15, -0.1) is 0 Å². The number of rotatable bonds is 2. The van der Waals surface area contributed by atoms with Crippen molar-refractivity contribution in [3.8, 4) is 0 Å². The zero-order valence-electron chi connectivity index (χ0n) is 7.97. The van der Waals surface area contributed by atoms with E-state index in [1.807, 2.05) is 42.5 Å². The van der Waals surface area contributed by atoms with Gasteiger partial charge < -0.3 is 0 Å². The average Bonchev–Trinajstić information content (AvgIpc) is 2.28. The van der Waals surface area contributed by atoms with Crippen LogP contribution in [0.1, 0.15) is 11.3 Å². The second-order valence-electron chi connectivity index (χ2n) is 3.01. The van der Waals surface area contributed by atoms with E-state index in [1.165, 1.54) is 6.33 Å². The van der Waals surface area contributed by atoms with E-state index in [4.69, 9.17) is 11.6 Å². The molecule has 0 aliphatic rings. The smallest absolute Gasteiger partial charge is 0.133 e. The van der Waals surface area contributed by atoms with Crippen LogP contribution in [0.3, 0.4) is 0 Å². The van der Waals surface area contributed by atoms with Crippen LogP contribution in [0, 0.1) is 0 Å². The van der Waals surface area contributed by atoms with Crippen molar-refractivity contribution in [2.45, 2.75) is 0 Å². The predicted molar refractivity (Wildman–Crippen MR) is 62.4 cm³/mol.